The third kappa shape index (κ3) is 6.88. The quantitative estimate of drug-likeness (QED) is 0.663. The molecule has 3 nitrogen and oxygen atoms in total. The van der Waals surface area contributed by atoms with Crippen molar-refractivity contribution in [2.75, 3.05) is 26.4 Å². The van der Waals surface area contributed by atoms with E-state index in [1.807, 2.05) is 0 Å². The van der Waals surface area contributed by atoms with Crippen molar-refractivity contribution in [2.24, 2.45) is 0 Å². The summed E-state index contributed by atoms with van der Waals surface area (Å²) in [6.45, 7) is 2.23. The fourth-order valence-corrected chi connectivity index (χ4v) is 2.16. The van der Waals surface area contributed by atoms with E-state index in [0.717, 1.165) is 13.2 Å². The topological polar surface area (TPSA) is 41.5 Å². The van der Waals surface area contributed by atoms with Crippen LogP contribution in [0.3, 0.4) is 0 Å². The van der Waals surface area contributed by atoms with E-state index in [4.69, 9.17) is 9.84 Å². The van der Waals surface area contributed by atoms with Gasteiger partial charge in [0.05, 0.1) is 19.8 Å². The zero-order valence-electron chi connectivity index (χ0n) is 9.71. The molecular formula is C12H25NO2. The Balaban J connectivity index is 1.97. The standard InChI is InChI=1S/C12H25NO2/c14-9-11-15-10-8-13-12-6-4-2-1-3-5-7-12/h12-14H,1-11H2. The molecule has 1 saturated carbocycles. The molecule has 0 aromatic heterocycles. The highest BCUT2D eigenvalue weighted by Gasteiger charge is 2.09. The monoisotopic (exact) mass is 215 g/mol. The maximum atomic E-state index is 8.54. The van der Waals surface area contributed by atoms with Crippen LogP contribution in [-0.4, -0.2) is 37.5 Å². The lowest BCUT2D eigenvalue weighted by molar-refractivity contribution is 0.0920. The fourth-order valence-electron chi connectivity index (χ4n) is 2.16. The van der Waals surface area contributed by atoms with Gasteiger partial charge in [0.15, 0.2) is 0 Å². The molecule has 0 aromatic carbocycles. The Morgan fingerprint density at radius 1 is 1.00 bits per heavy atom. The van der Waals surface area contributed by atoms with Crippen LogP contribution in [-0.2, 0) is 4.74 Å². The summed E-state index contributed by atoms with van der Waals surface area (Å²) in [4.78, 5) is 0. The van der Waals surface area contributed by atoms with Crippen molar-refractivity contribution >= 4 is 0 Å². The number of aliphatic hydroxyl groups is 1. The molecule has 0 amide bonds. The molecule has 1 rings (SSSR count). The van der Waals surface area contributed by atoms with Crippen LogP contribution in [0.25, 0.3) is 0 Å². The zero-order valence-corrected chi connectivity index (χ0v) is 9.71. The van der Waals surface area contributed by atoms with Crippen LogP contribution in [0.15, 0.2) is 0 Å². The summed E-state index contributed by atoms with van der Waals surface area (Å²) in [5.74, 6) is 0. The first kappa shape index (κ1) is 12.9. The number of hydrogen-bond acceptors (Lipinski definition) is 3. The average Bonchev–Trinajstić information content (AvgIpc) is 2.20. The first-order chi connectivity index (χ1) is 7.43. The van der Waals surface area contributed by atoms with Crippen molar-refractivity contribution in [1.82, 2.24) is 5.32 Å². The van der Waals surface area contributed by atoms with E-state index in [1.165, 1.54) is 44.9 Å². The number of hydrogen-bond donors (Lipinski definition) is 2. The lowest BCUT2D eigenvalue weighted by Crippen LogP contribution is -2.32. The van der Waals surface area contributed by atoms with E-state index in [2.05, 4.69) is 5.32 Å². The second-order valence-corrected chi connectivity index (χ2v) is 4.33. The van der Waals surface area contributed by atoms with Gasteiger partial charge in [-0.05, 0) is 12.8 Å². The van der Waals surface area contributed by atoms with Crippen molar-refractivity contribution in [3.63, 3.8) is 0 Å². The molecule has 0 aliphatic heterocycles. The zero-order chi connectivity index (χ0) is 10.8. The Morgan fingerprint density at radius 2 is 1.67 bits per heavy atom. The molecule has 15 heavy (non-hydrogen) atoms. The van der Waals surface area contributed by atoms with E-state index in [-0.39, 0.29) is 6.61 Å². The van der Waals surface area contributed by atoms with Crippen LogP contribution >= 0.6 is 0 Å². The van der Waals surface area contributed by atoms with Gasteiger partial charge in [-0.2, -0.15) is 0 Å². The minimum absolute atomic E-state index is 0.128. The van der Waals surface area contributed by atoms with Crippen LogP contribution in [0.5, 0.6) is 0 Å². The van der Waals surface area contributed by atoms with Crippen LogP contribution in [0, 0.1) is 0 Å². The molecule has 0 aromatic rings. The molecule has 0 bridgehead atoms. The Hall–Kier alpha value is -0.120. The third-order valence-corrected chi connectivity index (χ3v) is 3.02. The van der Waals surface area contributed by atoms with Gasteiger partial charge in [-0.3, -0.25) is 0 Å². The summed E-state index contributed by atoms with van der Waals surface area (Å²) >= 11 is 0. The number of aliphatic hydroxyl groups excluding tert-OH is 1. The summed E-state index contributed by atoms with van der Waals surface area (Å²) in [5.41, 5.74) is 0. The lowest BCUT2D eigenvalue weighted by Gasteiger charge is -2.20. The van der Waals surface area contributed by atoms with Gasteiger partial charge in [0, 0.05) is 12.6 Å². The first-order valence-corrected chi connectivity index (χ1v) is 6.35. The normalized spacial score (nSPS) is 19.8. The van der Waals surface area contributed by atoms with Gasteiger partial charge >= 0.3 is 0 Å². The number of rotatable bonds is 6. The highest BCUT2D eigenvalue weighted by Crippen LogP contribution is 2.16. The second-order valence-electron chi connectivity index (χ2n) is 4.33. The summed E-state index contributed by atoms with van der Waals surface area (Å²) in [5, 5.41) is 12.1. The fraction of sp³-hybridized carbons (Fsp3) is 1.00. The Bertz CT molecular complexity index is 134. The predicted octanol–water partition coefficient (Wildman–Crippen LogP) is 1.70. The van der Waals surface area contributed by atoms with Gasteiger partial charge in [0.25, 0.3) is 0 Å². The van der Waals surface area contributed by atoms with Crippen LogP contribution in [0.4, 0.5) is 0 Å². The maximum Gasteiger partial charge on any atom is 0.0698 e. The maximum absolute atomic E-state index is 8.54. The van der Waals surface area contributed by atoms with E-state index >= 15 is 0 Å². The van der Waals surface area contributed by atoms with Crippen molar-refractivity contribution < 1.29 is 9.84 Å². The largest absolute Gasteiger partial charge is 0.394 e. The summed E-state index contributed by atoms with van der Waals surface area (Å²) in [6, 6.07) is 0.697. The van der Waals surface area contributed by atoms with E-state index in [1.54, 1.807) is 0 Å². The van der Waals surface area contributed by atoms with E-state index < -0.39 is 0 Å². The smallest absolute Gasteiger partial charge is 0.0698 e. The van der Waals surface area contributed by atoms with Crippen molar-refractivity contribution in [1.29, 1.82) is 0 Å². The highest BCUT2D eigenvalue weighted by atomic mass is 16.5. The van der Waals surface area contributed by atoms with Gasteiger partial charge in [-0.15, -0.1) is 0 Å². The second kappa shape index (κ2) is 9.13. The molecule has 2 N–H and O–H groups in total. The van der Waals surface area contributed by atoms with Gasteiger partial charge in [0.2, 0.25) is 0 Å². The molecule has 0 unspecified atom stereocenters. The van der Waals surface area contributed by atoms with Crippen LogP contribution in [0.1, 0.15) is 44.9 Å². The predicted molar refractivity (Wildman–Crippen MR) is 62.0 cm³/mol. The van der Waals surface area contributed by atoms with Crippen LogP contribution in [0.2, 0.25) is 0 Å². The molecule has 0 spiro atoms. The summed E-state index contributed by atoms with van der Waals surface area (Å²) in [6.07, 6.45) is 9.61. The summed E-state index contributed by atoms with van der Waals surface area (Å²) < 4.78 is 5.22. The Labute approximate surface area is 93.2 Å². The molecule has 0 atom stereocenters. The molecule has 0 heterocycles. The Kier molecular flexibility index (Phi) is 7.88. The van der Waals surface area contributed by atoms with Crippen molar-refractivity contribution in [3.8, 4) is 0 Å². The molecule has 0 radical (unpaired) electrons. The number of ether oxygens (including phenoxy) is 1. The molecule has 1 aliphatic rings. The van der Waals surface area contributed by atoms with Gasteiger partial charge in [-0.1, -0.05) is 32.1 Å². The number of nitrogens with one attached hydrogen (secondary N) is 1. The SMILES string of the molecule is OCCOCCNC1CCCCCCC1. The molecule has 90 valence electrons. The van der Waals surface area contributed by atoms with E-state index in [0.29, 0.717) is 12.6 Å². The minimum Gasteiger partial charge on any atom is -0.394 e. The van der Waals surface area contributed by atoms with Crippen molar-refractivity contribution in [2.45, 2.75) is 51.0 Å². The van der Waals surface area contributed by atoms with E-state index in [9.17, 15) is 0 Å². The molecular weight excluding hydrogens is 190 g/mol. The third-order valence-electron chi connectivity index (χ3n) is 3.02. The average molecular weight is 215 g/mol. The Morgan fingerprint density at radius 3 is 2.33 bits per heavy atom. The van der Waals surface area contributed by atoms with Gasteiger partial charge in [0.1, 0.15) is 0 Å². The molecule has 3 heteroatoms. The highest BCUT2D eigenvalue weighted by molar-refractivity contribution is 4.69. The minimum atomic E-state index is 0.128. The summed E-state index contributed by atoms with van der Waals surface area (Å²) in [7, 11) is 0. The van der Waals surface area contributed by atoms with Crippen molar-refractivity contribution in [3.05, 3.63) is 0 Å². The van der Waals surface area contributed by atoms with Gasteiger partial charge < -0.3 is 15.2 Å². The molecule has 1 fully saturated rings. The first-order valence-electron chi connectivity index (χ1n) is 6.35. The molecule has 0 saturated heterocycles. The van der Waals surface area contributed by atoms with Gasteiger partial charge in [-0.25, -0.2) is 0 Å². The van der Waals surface area contributed by atoms with Crippen LogP contribution < -0.4 is 5.32 Å². The molecule has 1 aliphatic carbocycles. The lowest BCUT2D eigenvalue weighted by atomic mass is 9.97.